The van der Waals surface area contributed by atoms with Crippen LogP contribution in [0.3, 0.4) is 0 Å². The Labute approximate surface area is 138 Å². The number of aromatic amines is 2. The Morgan fingerprint density at radius 3 is 2.67 bits per heavy atom. The molecule has 3 rings (SSSR count). The number of H-pyrrole nitrogens is 2. The van der Waals surface area contributed by atoms with Crippen LogP contribution in [0.15, 0.2) is 30.3 Å². The second kappa shape index (κ2) is 6.95. The van der Waals surface area contributed by atoms with Gasteiger partial charge in [0, 0.05) is 18.5 Å². The maximum Gasteiger partial charge on any atom is 0.269 e. The van der Waals surface area contributed by atoms with Crippen LogP contribution in [0.4, 0.5) is 5.95 Å². The molecule has 0 aliphatic rings. The monoisotopic (exact) mass is 325 g/mol. The van der Waals surface area contributed by atoms with Crippen molar-refractivity contribution in [2.75, 3.05) is 12.3 Å². The zero-order chi connectivity index (χ0) is 16.9. The van der Waals surface area contributed by atoms with Crippen LogP contribution in [0.5, 0.6) is 0 Å². The molecule has 124 valence electrons. The van der Waals surface area contributed by atoms with E-state index in [4.69, 9.17) is 5.73 Å². The fraction of sp³-hybridized carbons (Fsp3) is 0.250. The van der Waals surface area contributed by atoms with Gasteiger partial charge in [0.2, 0.25) is 5.95 Å². The summed E-state index contributed by atoms with van der Waals surface area (Å²) in [6.07, 6.45) is 1.51. The number of aryl methyl sites for hydroxylation is 1. The molecule has 0 aliphatic carbocycles. The number of hydrogen-bond donors (Lipinski definition) is 4. The molecular weight excluding hydrogens is 306 g/mol. The molecule has 0 atom stereocenters. The van der Waals surface area contributed by atoms with E-state index in [1.807, 2.05) is 12.1 Å². The topological polar surface area (TPSA) is 125 Å². The van der Waals surface area contributed by atoms with Crippen LogP contribution in [-0.4, -0.2) is 37.8 Å². The van der Waals surface area contributed by atoms with Crippen molar-refractivity contribution in [1.82, 2.24) is 30.7 Å². The summed E-state index contributed by atoms with van der Waals surface area (Å²) in [4.78, 5) is 16.1. The molecular formula is C16H19N7O. The van der Waals surface area contributed by atoms with Gasteiger partial charge in [-0.15, -0.1) is 5.10 Å². The molecule has 0 aliphatic heterocycles. The van der Waals surface area contributed by atoms with Crippen LogP contribution in [0.2, 0.25) is 0 Å². The number of nitrogens with zero attached hydrogens (tertiary/aromatic N) is 3. The number of anilines is 1. The Bertz CT molecular complexity index is 819. The molecule has 2 aromatic heterocycles. The molecule has 0 unspecified atom stereocenters. The van der Waals surface area contributed by atoms with Gasteiger partial charge >= 0.3 is 0 Å². The summed E-state index contributed by atoms with van der Waals surface area (Å²) in [7, 11) is 0. The lowest BCUT2D eigenvalue weighted by atomic mass is 10.1. The number of amides is 1. The van der Waals surface area contributed by atoms with Crippen molar-refractivity contribution in [1.29, 1.82) is 0 Å². The second-order valence-corrected chi connectivity index (χ2v) is 5.36. The maximum absolute atomic E-state index is 12.1. The van der Waals surface area contributed by atoms with E-state index in [0.717, 1.165) is 17.7 Å². The van der Waals surface area contributed by atoms with Gasteiger partial charge in [-0.2, -0.15) is 10.1 Å². The maximum atomic E-state index is 12.1. The molecule has 0 radical (unpaired) electrons. The fourth-order valence-corrected chi connectivity index (χ4v) is 2.31. The Morgan fingerprint density at radius 1 is 1.21 bits per heavy atom. The van der Waals surface area contributed by atoms with E-state index in [2.05, 4.69) is 49.8 Å². The number of rotatable bonds is 6. The predicted octanol–water partition coefficient (Wildman–Crippen LogP) is 1.31. The molecule has 1 amide bonds. The summed E-state index contributed by atoms with van der Waals surface area (Å²) in [6.45, 7) is 2.53. The van der Waals surface area contributed by atoms with Crippen molar-refractivity contribution in [3.05, 3.63) is 47.4 Å². The minimum absolute atomic E-state index is 0.198. The number of nitrogens with two attached hydrogens (primary N) is 1. The molecule has 0 fully saturated rings. The van der Waals surface area contributed by atoms with Gasteiger partial charge < -0.3 is 11.1 Å². The molecule has 5 N–H and O–H groups in total. The third kappa shape index (κ3) is 3.60. The number of nitrogens with one attached hydrogen (secondary N) is 3. The highest BCUT2D eigenvalue weighted by atomic mass is 16.1. The first-order valence-electron chi connectivity index (χ1n) is 7.75. The lowest BCUT2D eigenvalue weighted by Crippen LogP contribution is -2.26. The van der Waals surface area contributed by atoms with Gasteiger partial charge in [-0.3, -0.25) is 15.0 Å². The number of hydrogen-bond acceptors (Lipinski definition) is 5. The zero-order valence-electron chi connectivity index (χ0n) is 13.3. The van der Waals surface area contributed by atoms with E-state index >= 15 is 0 Å². The number of carbonyl (C=O) groups excluding carboxylic acids is 1. The molecule has 1 aromatic carbocycles. The minimum Gasteiger partial charge on any atom is -0.367 e. The molecule has 8 heteroatoms. The third-order valence-electron chi connectivity index (χ3n) is 3.68. The lowest BCUT2D eigenvalue weighted by Gasteiger charge is -2.01. The molecule has 8 nitrogen and oxygen atoms in total. The molecule has 24 heavy (non-hydrogen) atoms. The Morgan fingerprint density at radius 2 is 2.00 bits per heavy atom. The molecule has 3 aromatic rings. The predicted molar refractivity (Wildman–Crippen MR) is 90.2 cm³/mol. The average molecular weight is 325 g/mol. The second-order valence-electron chi connectivity index (χ2n) is 5.36. The summed E-state index contributed by atoms with van der Waals surface area (Å²) in [5.74, 6) is 0.615. The van der Waals surface area contributed by atoms with Crippen LogP contribution in [0.25, 0.3) is 11.3 Å². The van der Waals surface area contributed by atoms with Gasteiger partial charge in [-0.1, -0.05) is 31.2 Å². The first-order valence-corrected chi connectivity index (χ1v) is 7.75. The highest BCUT2D eigenvalue weighted by Gasteiger charge is 2.11. The van der Waals surface area contributed by atoms with Crippen molar-refractivity contribution in [3.63, 3.8) is 0 Å². The van der Waals surface area contributed by atoms with Crippen LogP contribution in [0, 0.1) is 0 Å². The average Bonchev–Trinajstić information content (AvgIpc) is 3.24. The Balaban J connectivity index is 1.58. The summed E-state index contributed by atoms with van der Waals surface area (Å²) in [5.41, 5.74) is 8.82. The standard InChI is InChI=1S/C16H19N7O/c1-2-10-3-5-11(6-4-10)12-9-13(21-20-12)15(24)18-8-7-14-19-16(17)23-22-14/h3-6,9H,2,7-8H2,1H3,(H,18,24)(H,20,21)(H3,17,19,22,23). The Kier molecular flexibility index (Phi) is 4.55. The van der Waals surface area contributed by atoms with Gasteiger partial charge in [0.05, 0.1) is 5.69 Å². The lowest BCUT2D eigenvalue weighted by molar-refractivity contribution is 0.0949. The molecule has 0 bridgehead atoms. The molecule has 0 saturated heterocycles. The van der Waals surface area contributed by atoms with E-state index in [1.54, 1.807) is 6.07 Å². The zero-order valence-corrected chi connectivity index (χ0v) is 13.3. The summed E-state index contributed by atoms with van der Waals surface area (Å²) in [5, 5.41) is 16.2. The molecule has 0 spiro atoms. The van der Waals surface area contributed by atoms with Crippen molar-refractivity contribution in [2.45, 2.75) is 19.8 Å². The van der Waals surface area contributed by atoms with Gasteiger partial charge in [0.15, 0.2) is 0 Å². The van der Waals surface area contributed by atoms with Crippen molar-refractivity contribution in [2.24, 2.45) is 0 Å². The largest absolute Gasteiger partial charge is 0.367 e. The number of nitrogen functional groups attached to an aromatic ring is 1. The summed E-state index contributed by atoms with van der Waals surface area (Å²) in [6, 6.07) is 9.87. The number of benzene rings is 1. The van der Waals surface area contributed by atoms with Gasteiger partial charge in [0.25, 0.3) is 5.91 Å². The van der Waals surface area contributed by atoms with E-state index < -0.39 is 0 Å². The highest BCUT2D eigenvalue weighted by Crippen LogP contribution is 2.18. The minimum atomic E-state index is -0.216. The van der Waals surface area contributed by atoms with Crippen LogP contribution < -0.4 is 11.1 Å². The Hall–Kier alpha value is -3.16. The van der Waals surface area contributed by atoms with Gasteiger partial charge in [-0.05, 0) is 18.1 Å². The van der Waals surface area contributed by atoms with Crippen LogP contribution >= 0.6 is 0 Å². The normalized spacial score (nSPS) is 10.7. The van der Waals surface area contributed by atoms with Crippen LogP contribution in [0.1, 0.15) is 28.8 Å². The molecule has 2 heterocycles. The van der Waals surface area contributed by atoms with Crippen molar-refractivity contribution < 1.29 is 4.79 Å². The SMILES string of the molecule is CCc1ccc(-c2cc(C(=O)NCCc3nc(N)n[nH]3)[nH]n2)cc1. The quantitative estimate of drug-likeness (QED) is 0.544. The van der Waals surface area contributed by atoms with E-state index in [1.165, 1.54) is 5.56 Å². The number of carbonyl (C=O) groups is 1. The third-order valence-corrected chi connectivity index (χ3v) is 3.68. The first-order chi connectivity index (χ1) is 11.7. The van der Waals surface area contributed by atoms with Crippen LogP contribution in [-0.2, 0) is 12.8 Å². The van der Waals surface area contributed by atoms with Crippen molar-refractivity contribution >= 4 is 11.9 Å². The number of aromatic nitrogens is 5. The highest BCUT2D eigenvalue weighted by molar-refractivity contribution is 5.93. The molecule has 0 saturated carbocycles. The fourth-order valence-electron chi connectivity index (χ4n) is 2.31. The van der Waals surface area contributed by atoms with E-state index in [0.29, 0.717) is 24.5 Å². The van der Waals surface area contributed by atoms with E-state index in [9.17, 15) is 4.79 Å². The van der Waals surface area contributed by atoms with Crippen molar-refractivity contribution in [3.8, 4) is 11.3 Å². The summed E-state index contributed by atoms with van der Waals surface area (Å²) < 4.78 is 0. The first kappa shape index (κ1) is 15.7. The summed E-state index contributed by atoms with van der Waals surface area (Å²) >= 11 is 0. The van der Waals surface area contributed by atoms with Gasteiger partial charge in [0.1, 0.15) is 11.5 Å². The van der Waals surface area contributed by atoms with Gasteiger partial charge in [-0.25, -0.2) is 0 Å². The smallest absolute Gasteiger partial charge is 0.269 e. The van der Waals surface area contributed by atoms with E-state index in [-0.39, 0.29) is 11.9 Å².